The van der Waals surface area contributed by atoms with Gasteiger partial charge in [0, 0.05) is 31.1 Å². The zero-order chi connectivity index (χ0) is 16.6. The van der Waals surface area contributed by atoms with Gasteiger partial charge in [-0.15, -0.1) is 0 Å². The van der Waals surface area contributed by atoms with E-state index in [0.717, 1.165) is 12.8 Å². The molecule has 0 aliphatic heterocycles. The summed E-state index contributed by atoms with van der Waals surface area (Å²) in [4.78, 5) is 32.3. The molecule has 0 radical (unpaired) electrons. The van der Waals surface area contributed by atoms with Crippen LogP contribution in [0.5, 0.6) is 0 Å². The first-order valence-electron chi connectivity index (χ1n) is 7.12. The van der Waals surface area contributed by atoms with E-state index in [-0.39, 0.29) is 17.7 Å². The van der Waals surface area contributed by atoms with Crippen molar-refractivity contribution in [3.8, 4) is 0 Å². The molecule has 0 saturated carbocycles. The Hall–Kier alpha value is -0.480. The van der Waals surface area contributed by atoms with E-state index in [0.29, 0.717) is 31.1 Å². The number of ether oxygens (including phenoxy) is 1. The number of amides is 2. The maximum Gasteiger partial charge on any atom is 0.247 e. The number of carbonyl (C=O) groups is 2. The van der Waals surface area contributed by atoms with E-state index < -0.39 is 0 Å². The minimum Gasteiger partial charge on any atom is -0.382 e. The Balaban J connectivity index is 3.91. The van der Waals surface area contributed by atoms with Crippen LogP contribution >= 0.6 is 21.6 Å². The lowest BCUT2D eigenvalue weighted by molar-refractivity contribution is -0.135. The Labute approximate surface area is 139 Å². The lowest BCUT2D eigenvalue weighted by Gasteiger charge is -2.15. The van der Waals surface area contributed by atoms with Crippen LogP contribution in [0.4, 0.5) is 0 Å². The van der Waals surface area contributed by atoms with Crippen molar-refractivity contribution in [3.05, 3.63) is 0 Å². The van der Waals surface area contributed by atoms with Gasteiger partial charge in [0.05, 0.1) is 20.1 Å². The first-order valence-corrected chi connectivity index (χ1v) is 9.61. The number of hydrogen-bond acceptors (Lipinski definition) is 7. The van der Waals surface area contributed by atoms with E-state index in [9.17, 15) is 9.59 Å². The van der Waals surface area contributed by atoms with Gasteiger partial charge in [-0.3, -0.25) is 19.3 Å². The van der Waals surface area contributed by atoms with Crippen LogP contribution in [0.1, 0.15) is 26.2 Å². The summed E-state index contributed by atoms with van der Waals surface area (Å²) >= 11 is 0. The molecule has 1 unspecified atom stereocenters. The monoisotopic (exact) mass is 354 g/mol. The maximum atomic E-state index is 11.9. The molecule has 2 amide bonds. The van der Waals surface area contributed by atoms with Gasteiger partial charge in [0.15, 0.2) is 0 Å². The fourth-order valence-corrected chi connectivity index (χ4v) is 3.89. The van der Waals surface area contributed by atoms with Gasteiger partial charge >= 0.3 is 0 Å². The number of nitrogens with one attached hydrogen (secondary N) is 2. The first-order chi connectivity index (χ1) is 10.7. The number of rotatable bonds is 14. The van der Waals surface area contributed by atoms with Crippen molar-refractivity contribution < 1.29 is 24.0 Å². The van der Waals surface area contributed by atoms with Gasteiger partial charge < -0.3 is 4.74 Å². The van der Waals surface area contributed by atoms with Gasteiger partial charge in [0.1, 0.15) is 0 Å². The van der Waals surface area contributed by atoms with Crippen molar-refractivity contribution in [1.82, 2.24) is 11.0 Å². The van der Waals surface area contributed by atoms with E-state index in [1.807, 2.05) is 6.92 Å². The summed E-state index contributed by atoms with van der Waals surface area (Å²) < 4.78 is 5.28. The van der Waals surface area contributed by atoms with E-state index >= 15 is 0 Å². The Morgan fingerprint density at radius 1 is 1.14 bits per heavy atom. The number of carbonyl (C=O) groups excluding carboxylic acids is 2. The van der Waals surface area contributed by atoms with Crippen LogP contribution in [0.3, 0.4) is 0 Å². The van der Waals surface area contributed by atoms with Crippen molar-refractivity contribution in [1.29, 1.82) is 0 Å². The molecule has 0 aromatic rings. The molecule has 2 N–H and O–H groups in total. The molecule has 0 aromatic heterocycles. The SMILES string of the molecule is CCOCCCC(CSSCCC(=O)NOC)C(=O)NOC. The van der Waals surface area contributed by atoms with Crippen molar-refractivity contribution in [2.45, 2.75) is 26.2 Å². The lowest BCUT2D eigenvalue weighted by atomic mass is 10.1. The van der Waals surface area contributed by atoms with E-state index in [1.165, 1.54) is 14.2 Å². The fraction of sp³-hybridized carbons (Fsp3) is 0.846. The molecule has 0 heterocycles. The highest BCUT2D eigenvalue weighted by Crippen LogP contribution is 2.26. The van der Waals surface area contributed by atoms with Gasteiger partial charge in [0.25, 0.3) is 0 Å². The quantitative estimate of drug-likeness (QED) is 0.278. The highest BCUT2D eigenvalue weighted by atomic mass is 33.1. The predicted octanol–water partition coefficient (Wildman–Crippen LogP) is 1.55. The highest BCUT2D eigenvalue weighted by Gasteiger charge is 2.18. The van der Waals surface area contributed by atoms with Crippen molar-refractivity contribution in [3.63, 3.8) is 0 Å². The highest BCUT2D eigenvalue weighted by molar-refractivity contribution is 8.76. The summed E-state index contributed by atoms with van der Waals surface area (Å²) in [6, 6.07) is 0. The Morgan fingerprint density at radius 3 is 2.50 bits per heavy atom. The summed E-state index contributed by atoms with van der Waals surface area (Å²) in [6.07, 6.45) is 1.95. The van der Waals surface area contributed by atoms with Gasteiger partial charge in [-0.05, 0) is 19.8 Å². The normalized spacial score (nSPS) is 12.0. The van der Waals surface area contributed by atoms with Crippen molar-refractivity contribution in [2.75, 3.05) is 38.9 Å². The van der Waals surface area contributed by atoms with Crippen LogP contribution in [-0.4, -0.2) is 50.8 Å². The minimum atomic E-state index is -0.152. The molecule has 0 aliphatic rings. The molecule has 130 valence electrons. The third-order valence-electron chi connectivity index (χ3n) is 2.60. The van der Waals surface area contributed by atoms with Gasteiger partial charge in [-0.25, -0.2) is 11.0 Å². The van der Waals surface area contributed by atoms with Crippen LogP contribution in [0.25, 0.3) is 0 Å². The molecule has 22 heavy (non-hydrogen) atoms. The zero-order valence-corrected chi connectivity index (χ0v) is 15.0. The van der Waals surface area contributed by atoms with Crippen LogP contribution in [0.2, 0.25) is 0 Å². The van der Waals surface area contributed by atoms with E-state index in [4.69, 9.17) is 4.74 Å². The molecule has 0 saturated heterocycles. The number of hydroxylamine groups is 2. The summed E-state index contributed by atoms with van der Waals surface area (Å²) in [5, 5.41) is 0. The van der Waals surface area contributed by atoms with E-state index in [1.54, 1.807) is 21.6 Å². The molecule has 7 nitrogen and oxygen atoms in total. The van der Waals surface area contributed by atoms with Crippen LogP contribution in [-0.2, 0) is 24.0 Å². The van der Waals surface area contributed by atoms with E-state index in [2.05, 4.69) is 20.6 Å². The molecule has 0 bridgehead atoms. The lowest BCUT2D eigenvalue weighted by Crippen LogP contribution is -2.31. The molecule has 0 rings (SSSR count). The second-order valence-corrected chi connectivity index (χ2v) is 6.92. The van der Waals surface area contributed by atoms with Gasteiger partial charge in [0.2, 0.25) is 11.8 Å². The molecule has 9 heteroatoms. The van der Waals surface area contributed by atoms with Gasteiger partial charge in [-0.2, -0.15) is 0 Å². The first kappa shape index (κ1) is 21.5. The summed E-state index contributed by atoms with van der Waals surface area (Å²) in [7, 11) is 5.97. The predicted molar refractivity (Wildman–Crippen MR) is 89.1 cm³/mol. The molecular formula is C13H26N2O5S2. The average molecular weight is 354 g/mol. The second kappa shape index (κ2) is 15.4. The summed E-state index contributed by atoms with van der Waals surface area (Å²) in [6.45, 7) is 3.28. The third-order valence-corrected chi connectivity index (χ3v) is 5.08. The molecular weight excluding hydrogens is 328 g/mol. The molecule has 1 atom stereocenters. The van der Waals surface area contributed by atoms with Crippen LogP contribution in [0.15, 0.2) is 0 Å². The van der Waals surface area contributed by atoms with Crippen LogP contribution in [0, 0.1) is 5.92 Å². The maximum absolute atomic E-state index is 11.9. The largest absolute Gasteiger partial charge is 0.382 e. The topological polar surface area (TPSA) is 85.9 Å². The minimum absolute atomic E-state index is 0.121. The number of hydrogen-bond donors (Lipinski definition) is 2. The Kier molecular flexibility index (Phi) is 15.1. The van der Waals surface area contributed by atoms with Crippen molar-refractivity contribution in [2.24, 2.45) is 5.92 Å². The molecule has 0 aromatic carbocycles. The smallest absolute Gasteiger partial charge is 0.247 e. The van der Waals surface area contributed by atoms with Crippen LogP contribution < -0.4 is 11.0 Å². The summed E-state index contributed by atoms with van der Waals surface area (Å²) in [5.74, 6) is 0.922. The molecule has 0 fully saturated rings. The van der Waals surface area contributed by atoms with Crippen molar-refractivity contribution >= 4 is 33.4 Å². The standard InChI is InChI=1S/C13H26N2O5S2/c1-4-20-8-5-6-11(13(17)15-19-3)10-22-21-9-7-12(16)14-18-2/h11H,4-10H2,1-3H3,(H,14,16)(H,15,17). The Bertz CT molecular complexity index is 308. The molecule has 0 spiro atoms. The average Bonchev–Trinajstić information content (AvgIpc) is 2.49. The Morgan fingerprint density at radius 2 is 1.86 bits per heavy atom. The zero-order valence-electron chi connectivity index (χ0n) is 13.4. The third kappa shape index (κ3) is 12.1. The fourth-order valence-electron chi connectivity index (χ4n) is 1.54. The summed E-state index contributed by atoms with van der Waals surface area (Å²) in [5.41, 5.74) is 4.64. The van der Waals surface area contributed by atoms with Gasteiger partial charge in [-0.1, -0.05) is 21.6 Å². The molecule has 0 aliphatic carbocycles. The second-order valence-electron chi connectivity index (χ2n) is 4.29.